The summed E-state index contributed by atoms with van der Waals surface area (Å²) in [5, 5.41) is 8.06. The largest absolute Gasteiger partial charge is 0.416 e. The van der Waals surface area contributed by atoms with Crippen molar-refractivity contribution in [2.24, 2.45) is 0 Å². The van der Waals surface area contributed by atoms with Gasteiger partial charge in [-0.1, -0.05) is 18.2 Å². The average Bonchev–Trinajstić information content (AvgIpc) is 3.32. The number of rotatable bonds is 5. The van der Waals surface area contributed by atoms with Gasteiger partial charge in [0.15, 0.2) is 5.82 Å². The zero-order valence-corrected chi connectivity index (χ0v) is 21.3. The molecule has 11 heteroatoms. The Morgan fingerprint density at radius 3 is 2.51 bits per heavy atom. The predicted octanol–water partition coefficient (Wildman–Crippen LogP) is 5.71. The van der Waals surface area contributed by atoms with E-state index in [2.05, 4.69) is 20.4 Å². The Labute approximate surface area is 221 Å². The zero-order valence-electron chi connectivity index (χ0n) is 21.3. The number of nitrogen functional groups attached to an aromatic ring is 1. The lowest BCUT2D eigenvalue weighted by Gasteiger charge is -2.17. The summed E-state index contributed by atoms with van der Waals surface area (Å²) >= 11 is 0. The fraction of sp³-hybridized carbons (Fsp3) is 0.143. The molecule has 0 aliphatic rings. The minimum Gasteiger partial charge on any atom is -0.384 e. The highest BCUT2D eigenvalue weighted by molar-refractivity contribution is 6.05. The summed E-state index contributed by atoms with van der Waals surface area (Å²) in [5.41, 5.74) is 8.98. The number of nitrogens with zero attached hydrogens (tertiary/aromatic N) is 5. The maximum absolute atomic E-state index is 13.5. The second kappa shape index (κ2) is 9.75. The Hall–Kier alpha value is -4.93. The monoisotopic (exact) mass is 531 g/mol. The van der Waals surface area contributed by atoms with Crippen LogP contribution in [0.2, 0.25) is 0 Å². The maximum atomic E-state index is 13.5. The standard InChI is InChI=1S/C28H24F3N7O/c1-16-4-7-21(36-27(39)19-8-20(28(29,30)31)11-22(9-19)37(2)3)12-23(16)17-5-6-18-14-35-38(24(18)10-17)26-13-25(32)33-15-34-26/h4-15H,1-3H3,(H,36,39)(H2,32,33,34). The van der Waals surface area contributed by atoms with Crippen molar-refractivity contribution in [1.29, 1.82) is 0 Å². The molecule has 0 atom stereocenters. The number of hydrogen-bond acceptors (Lipinski definition) is 6. The first-order valence-electron chi connectivity index (χ1n) is 11.9. The van der Waals surface area contributed by atoms with Crippen LogP contribution in [0.15, 0.2) is 73.2 Å². The number of benzene rings is 3. The molecule has 3 aromatic carbocycles. The van der Waals surface area contributed by atoms with Gasteiger partial charge in [0.25, 0.3) is 5.91 Å². The highest BCUT2D eigenvalue weighted by Gasteiger charge is 2.32. The van der Waals surface area contributed by atoms with E-state index in [4.69, 9.17) is 5.73 Å². The Balaban J connectivity index is 1.49. The van der Waals surface area contributed by atoms with Gasteiger partial charge in [-0.05, 0) is 60.0 Å². The van der Waals surface area contributed by atoms with Gasteiger partial charge in [0, 0.05) is 42.5 Å². The first-order valence-corrected chi connectivity index (χ1v) is 11.9. The summed E-state index contributed by atoms with van der Waals surface area (Å²) in [6.07, 6.45) is -1.50. The Bertz CT molecular complexity index is 1710. The van der Waals surface area contributed by atoms with Crippen molar-refractivity contribution in [2.75, 3.05) is 30.0 Å². The van der Waals surface area contributed by atoms with E-state index in [0.717, 1.165) is 39.7 Å². The van der Waals surface area contributed by atoms with E-state index >= 15 is 0 Å². The molecule has 0 aliphatic carbocycles. The SMILES string of the molecule is Cc1ccc(NC(=O)c2cc(N(C)C)cc(C(F)(F)F)c2)cc1-c1ccc2cnn(-c3cc(N)ncn3)c2c1. The summed E-state index contributed by atoms with van der Waals surface area (Å²) < 4.78 is 42.0. The molecule has 0 fully saturated rings. The van der Waals surface area contributed by atoms with Crippen molar-refractivity contribution in [3.8, 4) is 16.9 Å². The van der Waals surface area contributed by atoms with Gasteiger partial charge in [0.05, 0.1) is 17.3 Å². The number of nitrogens with two attached hydrogens (primary N) is 1. The molecule has 2 aromatic heterocycles. The normalized spacial score (nSPS) is 11.5. The second-order valence-electron chi connectivity index (χ2n) is 9.28. The number of carbonyl (C=O) groups excluding carboxylic acids is 1. The van der Waals surface area contributed by atoms with Gasteiger partial charge in [0.2, 0.25) is 0 Å². The van der Waals surface area contributed by atoms with Crippen molar-refractivity contribution >= 4 is 34.0 Å². The van der Waals surface area contributed by atoms with E-state index in [9.17, 15) is 18.0 Å². The molecule has 39 heavy (non-hydrogen) atoms. The molecule has 3 N–H and O–H groups in total. The molecule has 0 bridgehead atoms. The molecule has 198 valence electrons. The average molecular weight is 532 g/mol. The Morgan fingerprint density at radius 2 is 1.79 bits per heavy atom. The number of amides is 1. The minimum absolute atomic E-state index is 0.0925. The summed E-state index contributed by atoms with van der Waals surface area (Å²) in [6, 6.07) is 16.1. The van der Waals surface area contributed by atoms with Crippen LogP contribution in [0.4, 0.5) is 30.4 Å². The first-order chi connectivity index (χ1) is 18.5. The first kappa shape index (κ1) is 25.7. The van der Waals surface area contributed by atoms with Crippen molar-refractivity contribution in [2.45, 2.75) is 13.1 Å². The predicted molar refractivity (Wildman–Crippen MR) is 145 cm³/mol. The number of alkyl halides is 3. The molecule has 1 amide bonds. The van der Waals surface area contributed by atoms with Crippen LogP contribution in [-0.4, -0.2) is 39.8 Å². The maximum Gasteiger partial charge on any atom is 0.416 e. The quantitative estimate of drug-likeness (QED) is 0.301. The number of nitrogens with one attached hydrogen (secondary N) is 1. The van der Waals surface area contributed by atoms with Crippen molar-refractivity contribution < 1.29 is 18.0 Å². The molecule has 5 aromatic rings. The summed E-state index contributed by atoms with van der Waals surface area (Å²) in [4.78, 5) is 22.7. The smallest absolute Gasteiger partial charge is 0.384 e. The summed E-state index contributed by atoms with van der Waals surface area (Å²) in [7, 11) is 3.23. The molecule has 2 heterocycles. The van der Waals surface area contributed by atoms with Crippen LogP contribution in [-0.2, 0) is 6.18 Å². The molecular formula is C28H24F3N7O. The number of aromatic nitrogens is 4. The van der Waals surface area contributed by atoms with Gasteiger partial charge in [-0.2, -0.15) is 18.3 Å². The minimum atomic E-state index is -4.58. The lowest BCUT2D eigenvalue weighted by atomic mass is 9.98. The van der Waals surface area contributed by atoms with Gasteiger partial charge in [-0.3, -0.25) is 4.79 Å². The van der Waals surface area contributed by atoms with E-state index in [1.165, 1.54) is 17.3 Å². The van der Waals surface area contributed by atoms with E-state index in [0.29, 0.717) is 17.3 Å². The zero-order chi connectivity index (χ0) is 27.9. The van der Waals surface area contributed by atoms with E-state index in [1.54, 1.807) is 43.2 Å². The van der Waals surface area contributed by atoms with E-state index in [1.807, 2.05) is 31.2 Å². The van der Waals surface area contributed by atoms with Gasteiger partial charge in [-0.15, -0.1) is 0 Å². The molecule has 8 nitrogen and oxygen atoms in total. The number of halogens is 3. The topological polar surface area (TPSA) is 102 Å². The molecule has 0 unspecified atom stereocenters. The van der Waals surface area contributed by atoms with Crippen molar-refractivity contribution in [1.82, 2.24) is 19.7 Å². The lowest BCUT2D eigenvalue weighted by Crippen LogP contribution is -2.17. The van der Waals surface area contributed by atoms with Crippen LogP contribution in [0.25, 0.3) is 27.8 Å². The molecule has 0 saturated heterocycles. The third kappa shape index (κ3) is 5.24. The van der Waals surface area contributed by atoms with Crippen LogP contribution < -0.4 is 16.0 Å². The number of aryl methyl sites for hydroxylation is 1. The number of hydrogen-bond donors (Lipinski definition) is 2. The third-order valence-electron chi connectivity index (χ3n) is 6.29. The van der Waals surface area contributed by atoms with Gasteiger partial charge < -0.3 is 16.0 Å². The third-order valence-corrected chi connectivity index (χ3v) is 6.29. The molecule has 5 rings (SSSR count). The molecule has 0 aliphatic heterocycles. The summed E-state index contributed by atoms with van der Waals surface area (Å²) in [5.74, 6) is 0.192. The van der Waals surface area contributed by atoms with Crippen LogP contribution in [0.3, 0.4) is 0 Å². The fourth-order valence-electron chi connectivity index (χ4n) is 4.22. The Kier molecular flexibility index (Phi) is 6.43. The van der Waals surface area contributed by atoms with Crippen molar-refractivity contribution in [3.63, 3.8) is 0 Å². The van der Waals surface area contributed by atoms with Crippen LogP contribution in [0.1, 0.15) is 21.5 Å². The fourth-order valence-corrected chi connectivity index (χ4v) is 4.22. The highest BCUT2D eigenvalue weighted by Crippen LogP contribution is 2.34. The van der Waals surface area contributed by atoms with Crippen LogP contribution >= 0.6 is 0 Å². The molecular weight excluding hydrogens is 507 g/mol. The van der Waals surface area contributed by atoms with Gasteiger partial charge in [-0.25, -0.2) is 14.6 Å². The van der Waals surface area contributed by atoms with E-state index in [-0.39, 0.29) is 11.3 Å². The number of carbonyl (C=O) groups is 1. The number of anilines is 3. The molecule has 0 saturated carbocycles. The van der Waals surface area contributed by atoms with Gasteiger partial charge >= 0.3 is 6.18 Å². The summed E-state index contributed by atoms with van der Waals surface area (Å²) in [6.45, 7) is 1.93. The van der Waals surface area contributed by atoms with Crippen LogP contribution in [0, 0.1) is 6.92 Å². The second-order valence-corrected chi connectivity index (χ2v) is 9.28. The Morgan fingerprint density at radius 1 is 1.00 bits per heavy atom. The lowest BCUT2D eigenvalue weighted by molar-refractivity contribution is -0.137. The van der Waals surface area contributed by atoms with Crippen molar-refractivity contribution in [3.05, 3.63) is 89.9 Å². The van der Waals surface area contributed by atoms with E-state index < -0.39 is 17.6 Å². The van der Waals surface area contributed by atoms with Gasteiger partial charge in [0.1, 0.15) is 12.1 Å². The van der Waals surface area contributed by atoms with Crippen LogP contribution in [0.5, 0.6) is 0 Å². The highest BCUT2D eigenvalue weighted by atomic mass is 19.4. The molecule has 0 spiro atoms. The molecule has 0 radical (unpaired) electrons. The number of fused-ring (bicyclic) bond motifs is 1.